The molecule has 186 valence electrons. The Morgan fingerprint density at radius 2 is 1.60 bits per heavy atom. The molecule has 1 saturated carbocycles. The minimum Gasteiger partial charge on any atom is -0.466 e. The maximum atomic E-state index is 13.3. The Morgan fingerprint density at radius 3 is 2.23 bits per heavy atom. The van der Waals surface area contributed by atoms with Crippen molar-refractivity contribution in [1.29, 1.82) is 0 Å². The molecule has 0 unspecified atom stereocenters. The smallest absolute Gasteiger partial charge is 0.305 e. The summed E-state index contributed by atoms with van der Waals surface area (Å²) in [7, 11) is 0. The molecule has 7 heteroatoms. The van der Waals surface area contributed by atoms with Crippen molar-refractivity contribution in [3.8, 4) is 0 Å². The van der Waals surface area contributed by atoms with Crippen LogP contribution in [0.4, 0.5) is 10.1 Å². The minimum atomic E-state index is -0.331. The van der Waals surface area contributed by atoms with Gasteiger partial charge in [0.05, 0.1) is 6.61 Å². The molecule has 0 aromatic heterocycles. The number of rotatable bonds is 13. The summed E-state index contributed by atoms with van der Waals surface area (Å²) in [5.74, 6) is -0.745. The van der Waals surface area contributed by atoms with Crippen LogP contribution in [0.25, 0.3) is 11.6 Å². The molecular formula is C28H33FN2O4. The molecule has 2 aromatic carbocycles. The molecule has 0 radical (unpaired) electrons. The van der Waals surface area contributed by atoms with Gasteiger partial charge in [-0.05, 0) is 74.1 Å². The molecule has 3 rings (SSSR count). The van der Waals surface area contributed by atoms with E-state index in [9.17, 15) is 18.8 Å². The highest BCUT2D eigenvalue weighted by Gasteiger charge is 2.25. The normalized spacial score (nSPS) is 13.3. The summed E-state index contributed by atoms with van der Waals surface area (Å²) in [6, 6.07) is 13.3. The van der Waals surface area contributed by atoms with Crippen LogP contribution in [0.2, 0.25) is 0 Å². The van der Waals surface area contributed by atoms with E-state index in [0.29, 0.717) is 36.3 Å². The highest BCUT2D eigenvalue weighted by Crippen LogP contribution is 2.25. The second-order valence-electron chi connectivity index (χ2n) is 8.70. The Balaban J connectivity index is 1.52. The van der Waals surface area contributed by atoms with Crippen molar-refractivity contribution in [2.75, 3.05) is 11.9 Å². The second-order valence-corrected chi connectivity index (χ2v) is 8.70. The molecule has 1 aliphatic rings. The molecule has 1 aliphatic carbocycles. The lowest BCUT2D eigenvalue weighted by Crippen LogP contribution is -2.26. The van der Waals surface area contributed by atoms with Crippen molar-refractivity contribution < 1.29 is 23.5 Å². The molecule has 2 amide bonds. The van der Waals surface area contributed by atoms with Crippen LogP contribution in [-0.2, 0) is 19.1 Å². The van der Waals surface area contributed by atoms with Gasteiger partial charge in [-0.1, -0.05) is 37.1 Å². The number of amides is 2. The van der Waals surface area contributed by atoms with Crippen molar-refractivity contribution in [3.63, 3.8) is 0 Å². The SMILES string of the molecule is CCOC(=O)CCCCCCC(=O)Nc1ccc(/C(=C/c2ccc(F)cc2)C(=O)NC2CC2)cc1. The molecule has 35 heavy (non-hydrogen) atoms. The number of hydrogen-bond donors (Lipinski definition) is 2. The summed E-state index contributed by atoms with van der Waals surface area (Å²) >= 11 is 0. The van der Waals surface area contributed by atoms with Crippen molar-refractivity contribution in [2.24, 2.45) is 0 Å². The van der Waals surface area contributed by atoms with Crippen molar-refractivity contribution in [3.05, 3.63) is 65.5 Å². The third-order valence-electron chi connectivity index (χ3n) is 5.66. The van der Waals surface area contributed by atoms with Gasteiger partial charge in [-0.3, -0.25) is 14.4 Å². The zero-order valence-corrected chi connectivity index (χ0v) is 20.1. The van der Waals surface area contributed by atoms with Crippen LogP contribution in [0, 0.1) is 5.82 Å². The van der Waals surface area contributed by atoms with Gasteiger partial charge in [0.25, 0.3) is 5.91 Å². The summed E-state index contributed by atoms with van der Waals surface area (Å²) in [5.41, 5.74) is 2.59. The first-order valence-corrected chi connectivity index (χ1v) is 12.3. The highest BCUT2D eigenvalue weighted by atomic mass is 19.1. The predicted molar refractivity (Wildman–Crippen MR) is 135 cm³/mol. The fourth-order valence-corrected chi connectivity index (χ4v) is 3.59. The van der Waals surface area contributed by atoms with Crippen LogP contribution in [0.5, 0.6) is 0 Å². The number of anilines is 1. The van der Waals surface area contributed by atoms with E-state index in [1.165, 1.54) is 12.1 Å². The van der Waals surface area contributed by atoms with Gasteiger partial charge < -0.3 is 15.4 Å². The zero-order chi connectivity index (χ0) is 25.0. The van der Waals surface area contributed by atoms with E-state index in [1.807, 2.05) is 0 Å². The van der Waals surface area contributed by atoms with Gasteiger partial charge in [-0.15, -0.1) is 0 Å². The Hall–Kier alpha value is -3.48. The van der Waals surface area contributed by atoms with Gasteiger partial charge in [-0.25, -0.2) is 4.39 Å². The van der Waals surface area contributed by atoms with Crippen LogP contribution >= 0.6 is 0 Å². The molecule has 0 saturated heterocycles. The number of nitrogens with one attached hydrogen (secondary N) is 2. The number of esters is 1. The standard InChI is InChI=1S/C28H33FN2O4/c1-2-35-27(33)8-6-4-3-5-7-26(32)30-23-15-11-21(12-16-23)25(28(34)31-24-17-18-24)19-20-9-13-22(29)14-10-20/h9-16,19,24H,2-8,17-18H2,1H3,(H,30,32)(H,31,34)/b25-19-. The summed E-state index contributed by atoms with van der Waals surface area (Å²) in [5, 5.41) is 5.89. The van der Waals surface area contributed by atoms with E-state index in [1.54, 1.807) is 49.4 Å². The monoisotopic (exact) mass is 480 g/mol. The predicted octanol–water partition coefficient (Wildman–Crippen LogP) is 5.49. The first-order chi connectivity index (χ1) is 16.9. The first-order valence-electron chi connectivity index (χ1n) is 12.3. The first kappa shape index (κ1) is 26.1. The molecule has 1 fully saturated rings. The molecule has 0 bridgehead atoms. The Labute approximate surface area is 205 Å². The average Bonchev–Trinajstić information content (AvgIpc) is 3.65. The Kier molecular flexibility index (Phi) is 10.0. The lowest BCUT2D eigenvalue weighted by atomic mass is 10.0. The Bertz CT molecular complexity index is 1030. The van der Waals surface area contributed by atoms with Crippen LogP contribution in [0.3, 0.4) is 0 Å². The molecule has 0 spiro atoms. The maximum absolute atomic E-state index is 13.3. The zero-order valence-electron chi connectivity index (χ0n) is 20.1. The van der Waals surface area contributed by atoms with Gasteiger partial charge >= 0.3 is 5.97 Å². The van der Waals surface area contributed by atoms with Gasteiger partial charge in [-0.2, -0.15) is 0 Å². The Morgan fingerprint density at radius 1 is 0.943 bits per heavy atom. The minimum absolute atomic E-state index is 0.0725. The molecular weight excluding hydrogens is 447 g/mol. The summed E-state index contributed by atoms with van der Waals surface area (Å²) in [4.78, 5) is 36.4. The molecule has 0 aliphatic heterocycles. The molecule has 6 nitrogen and oxygen atoms in total. The van der Waals surface area contributed by atoms with Crippen LogP contribution in [-0.4, -0.2) is 30.4 Å². The number of ether oxygens (including phenoxy) is 1. The third-order valence-corrected chi connectivity index (χ3v) is 5.66. The number of halogens is 1. The van der Waals surface area contributed by atoms with Gasteiger partial charge in [0, 0.05) is 30.1 Å². The van der Waals surface area contributed by atoms with Crippen molar-refractivity contribution in [2.45, 2.75) is 64.3 Å². The van der Waals surface area contributed by atoms with Crippen molar-refractivity contribution in [1.82, 2.24) is 5.32 Å². The lowest BCUT2D eigenvalue weighted by molar-refractivity contribution is -0.143. The van der Waals surface area contributed by atoms with E-state index in [-0.39, 0.29) is 29.6 Å². The summed E-state index contributed by atoms with van der Waals surface area (Å²) in [6.07, 6.45) is 7.79. The van der Waals surface area contributed by atoms with E-state index in [4.69, 9.17) is 4.74 Å². The van der Waals surface area contributed by atoms with Gasteiger partial charge in [0.2, 0.25) is 5.91 Å². The number of carbonyl (C=O) groups excluding carboxylic acids is 3. The quantitative estimate of drug-likeness (QED) is 0.172. The lowest BCUT2D eigenvalue weighted by Gasteiger charge is -2.11. The molecule has 2 N–H and O–H groups in total. The average molecular weight is 481 g/mol. The van der Waals surface area contributed by atoms with Gasteiger partial charge in [0.1, 0.15) is 5.82 Å². The number of hydrogen-bond acceptors (Lipinski definition) is 4. The van der Waals surface area contributed by atoms with E-state index in [2.05, 4.69) is 10.6 Å². The van der Waals surface area contributed by atoms with E-state index < -0.39 is 0 Å². The number of benzene rings is 2. The topological polar surface area (TPSA) is 84.5 Å². The maximum Gasteiger partial charge on any atom is 0.305 e. The summed E-state index contributed by atoms with van der Waals surface area (Å²) in [6.45, 7) is 2.19. The van der Waals surface area contributed by atoms with Gasteiger partial charge in [0.15, 0.2) is 0 Å². The molecule has 2 aromatic rings. The van der Waals surface area contributed by atoms with Crippen LogP contribution in [0.1, 0.15) is 69.4 Å². The van der Waals surface area contributed by atoms with Crippen LogP contribution < -0.4 is 10.6 Å². The second kappa shape index (κ2) is 13.4. The van der Waals surface area contributed by atoms with E-state index in [0.717, 1.165) is 44.1 Å². The fraction of sp³-hybridized carbons (Fsp3) is 0.393. The highest BCUT2D eigenvalue weighted by molar-refractivity contribution is 6.24. The van der Waals surface area contributed by atoms with Crippen LogP contribution in [0.15, 0.2) is 48.5 Å². The third kappa shape index (κ3) is 9.35. The number of unbranched alkanes of at least 4 members (excludes halogenated alkanes) is 3. The van der Waals surface area contributed by atoms with Crippen molar-refractivity contribution >= 4 is 35.1 Å². The number of carbonyl (C=O) groups is 3. The molecule has 0 atom stereocenters. The van der Waals surface area contributed by atoms with E-state index >= 15 is 0 Å². The molecule has 0 heterocycles. The summed E-state index contributed by atoms with van der Waals surface area (Å²) < 4.78 is 18.2. The largest absolute Gasteiger partial charge is 0.466 e. The fourth-order valence-electron chi connectivity index (χ4n) is 3.59.